The van der Waals surface area contributed by atoms with Gasteiger partial charge in [0.2, 0.25) is 0 Å². The summed E-state index contributed by atoms with van der Waals surface area (Å²) in [7, 11) is 2.07. The maximum absolute atomic E-state index is 3.39. The van der Waals surface area contributed by atoms with Crippen molar-refractivity contribution in [3.63, 3.8) is 0 Å². The molecule has 0 spiro atoms. The number of likely N-dealkylation sites (N-methyl/N-ethyl adjacent to an activating group) is 1. The Labute approximate surface area is 135 Å². The van der Waals surface area contributed by atoms with Gasteiger partial charge in [-0.05, 0) is 51.4 Å². The van der Waals surface area contributed by atoms with Crippen molar-refractivity contribution in [1.29, 1.82) is 0 Å². The van der Waals surface area contributed by atoms with Gasteiger partial charge in [0.05, 0.1) is 0 Å². The van der Waals surface area contributed by atoms with Crippen molar-refractivity contribution in [2.45, 2.75) is 44.2 Å². The van der Waals surface area contributed by atoms with Crippen molar-refractivity contribution >= 4 is 0 Å². The van der Waals surface area contributed by atoms with E-state index in [1.807, 2.05) is 0 Å². The van der Waals surface area contributed by atoms with Crippen LogP contribution in [0.3, 0.4) is 0 Å². The van der Waals surface area contributed by atoms with Crippen LogP contribution in [0, 0.1) is 0 Å². The van der Waals surface area contributed by atoms with Crippen molar-refractivity contribution in [3.8, 4) is 0 Å². The number of likely N-dealkylation sites (tertiary alicyclic amines) is 2. The van der Waals surface area contributed by atoms with E-state index >= 15 is 0 Å². The first-order chi connectivity index (χ1) is 10.9. The van der Waals surface area contributed by atoms with E-state index in [-0.39, 0.29) is 0 Å². The number of benzene rings is 1. The maximum Gasteiger partial charge on any atom is 0.0472 e. The minimum atomic E-state index is 0.522. The second-order valence-electron chi connectivity index (χ2n) is 6.85. The van der Waals surface area contributed by atoms with Gasteiger partial charge >= 0.3 is 0 Å². The topological polar surface area (TPSA) is 18.5 Å². The molecule has 1 N–H and O–H groups in total. The lowest BCUT2D eigenvalue weighted by atomic mass is 9.96. The van der Waals surface area contributed by atoms with E-state index in [1.165, 1.54) is 63.8 Å². The van der Waals surface area contributed by atoms with Gasteiger partial charge in [0, 0.05) is 31.7 Å². The van der Waals surface area contributed by atoms with Crippen LogP contribution in [-0.4, -0.2) is 55.6 Å². The van der Waals surface area contributed by atoms with Crippen LogP contribution in [-0.2, 0) is 0 Å². The highest BCUT2D eigenvalue weighted by Crippen LogP contribution is 2.27. The summed E-state index contributed by atoms with van der Waals surface area (Å²) in [6.45, 7) is 6.19. The molecule has 0 bridgehead atoms. The van der Waals surface area contributed by atoms with Crippen molar-refractivity contribution in [2.75, 3.05) is 39.8 Å². The minimum absolute atomic E-state index is 0.522. The summed E-state index contributed by atoms with van der Waals surface area (Å²) in [6, 6.07) is 12.4. The second kappa shape index (κ2) is 8.09. The lowest BCUT2D eigenvalue weighted by Crippen LogP contribution is -2.48. The summed E-state index contributed by atoms with van der Waals surface area (Å²) in [5.74, 6) is 0. The molecule has 3 heteroatoms. The fourth-order valence-corrected chi connectivity index (χ4v) is 4.17. The molecule has 3 nitrogen and oxygen atoms in total. The molecule has 1 atom stereocenters. The molecule has 122 valence electrons. The Morgan fingerprint density at radius 2 is 1.68 bits per heavy atom. The Balaban J connectivity index is 1.58. The molecule has 1 unspecified atom stereocenters. The molecular formula is C19H31N3. The molecule has 22 heavy (non-hydrogen) atoms. The zero-order valence-corrected chi connectivity index (χ0v) is 14.0. The summed E-state index contributed by atoms with van der Waals surface area (Å²) in [6.07, 6.45) is 6.94. The molecule has 3 rings (SSSR count). The van der Waals surface area contributed by atoms with Gasteiger partial charge in [-0.1, -0.05) is 36.8 Å². The fraction of sp³-hybridized carbons (Fsp3) is 0.684. The first kappa shape index (κ1) is 16.0. The number of nitrogens with one attached hydrogen (secondary N) is 1. The van der Waals surface area contributed by atoms with Crippen molar-refractivity contribution in [2.24, 2.45) is 0 Å². The van der Waals surface area contributed by atoms with Crippen LogP contribution < -0.4 is 5.32 Å². The molecule has 1 aromatic rings. The summed E-state index contributed by atoms with van der Waals surface area (Å²) < 4.78 is 0. The lowest BCUT2D eigenvalue weighted by molar-refractivity contribution is 0.0720. The number of hydrogen-bond acceptors (Lipinski definition) is 3. The predicted molar refractivity (Wildman–Crippen MR) is 93.1 cm³/mol. The number of piperidine rings is 2. The quantitative estimate of drug-likeness (QED) is 0.902. The number of hydrogen-bond donors (Lipinski definition) is 1. The smallest absolute Gasteiger partial charge is 0.0472 e. The Morgan fingerprint density at radius 1 is 1.00 bits per heavy atom. The van der Waals surface area contributed by atoms with Crippen LogP contribution >= 0.6 is 0 Å². The first-order valence-corrected chi connectivity index (χ1v) is 9.06. The molecule has 2 heterocycles. The van der Waals surface area contributed by atoms with Crippen LogP contribution in [0.4, 0.5) is 0 Å². The second-order valence-corrected chi connectivity index (χ2v) is 6.85. The van der Waals surface area contributed by atoms with Gasteiger partial charge in [-0.15, -0.1) is 0 Å². The van der Waals surface area contributed by atoms with Crippen LogP contribution in [0.25, 0.3) is 0 Å². The van der Waals surface area contributed by atoms with Gasteiger partial charge < -0.3 is 10.2 Å². The average molecular weight is 301 g/mol. The zero-order chi connectivity index (χ0) is 15.2. The highest BCUT2D eigenvalue weighted by atomic mass is 15.2. The lowest BCUT2D eigenvalue weighted by Gasteiger charge is -2.42. The highest BCUT2D eigenvalue weighted by molar-refractivity contribution is 5.19. The summed E-state index contributed by atoms with van der Waals surface area (Å²) >= 11 is 0. The molecule has 1 aromatic carbocycles. The number of rotatable bonds is 5. The van der Waals surface area contributed by atoms with Crippen LogP contribution in [0.5, 0.6) is 0 Å². The van der Waals surface area contributed by atoms with Gasteiger partial charge in [0.25, 0.3) is 0 Å². The van der Waals surface area contributed by atoms with Crippen molar-refractivity contribution in [3.05, 3.63) is 35.9 Å². The van der Waals surface area contributed by atoms with Crippen molar-refractivity contribution in [1.82, 2.24) is 15.1 Å². The maximum atomic E-state index is 3.39. The Bertz CT molecular complexity index is 420. The van der Waals surface area contributed by atoms with Gasteiger partial charge in [0.15, 0.2) is 0 Å². The molecule has 2 aliphatic rings. The molecule has 2 saturated heterocycles. The third-order valence-corrected chi connectivity index (χ3v) is 5.43. The monoisotopic (exact) mass is 301 g/mol. The van der Waals surface area contributed by atoms with Crippen molar-refractivity contribution < 1.29 is 0 Å². The molecule has 0 saturated carbocycles. The third-order valence-electron chi connectivity index (χ3n) is 5.43. The van der Waals surface area contributed by atoms with E-state index in [1.54, 1.807) is 0 Å². The van der Waals surface area contributed by atoms with Gasteiger partial charge in [0.1, 0.15) is 0 Å². The van der Waals surface area contributed by atoms with E-state index in [9.17, 15) is 0 Å². The summed E-state index contributed by atoms with van der Waals surface area (Å²) in [5, 5.41) is 3.39. The zero-order valence-electron chi connectivity index (χ0n) is 14.0. The SMILES string of the molecule is CNCC(c1ccccc1)N1CCC(N2CCCCC2)CC1. The van der Waals surface area contributed by atoms with Gasteiger partial charge in [-0.3, -0.25) is 4.90 Å². The number of nitrogens with zero attached hydrogens (tertiary/aromatic N) is 2. The summed E-state index contributed by atoms with van der Waals surface area (Å²) in [5.41, 5.74) is 1.45. The van der Waals surface area contributed by atoms with E-state index < -0.39 is 0 Å². The van der Waals surface area contributed by atoms with E-state index in [4.69, 9.17) is 0 Å². The minimum Gasteiger partial charge on any atom is -0.318 e. The van der Waals surface area contributed by atoms with Crippen LogP contribution in [0.1, 0.15) is 43.7 Å². The predicted octanol–water partition coefficient (Wildman–Crippen LogP) is 2.90. The molecular weight excluding hydrogens is 270 g/mol. The third kappa shape index (κ3) is 3.89. The average Bonchev–Trinajstić information content (AvgIpc) is 2.61. The normalized spacial score (nSPS) is 23.5. The molecule has 0 amide bonds. The van der Waals surface area contributed by atoms with Gasteiger partial charge in [-0.25, -0.2) is 0 Å². The summed E-state index contributed by atoms with van der Waals surface area (Å²) in [4.78, 5) is 5.45. The largest absolute Gasteiger partial charge is 0.318 e. The molecule has 0 aliphatic carbocycles. The molecule has 2 aliphatic heterocycles. The molecule has 2 fully saturated rings. The Morgan fingerprint density at radius 3 is 2.32 bits per heavy atom. The van der Waals surface area contributed by atoms with E-state index in [0.29, 0.717) is 6.04 Å². The van der Waals surface area contributed by atoms with E-state index in [2.05, 4.69) is 52.5 Å². The fourth-order valence-electron chi connectivity index (χ4n) is 4.17. The van der Waals surface area contributed by atoms with Crippen LogP contribution in [0.15, 0.2) is 30.3 Å². The standard InChI is InChI=1S/C19H31N3/c1-20-16-19(17-8-4-2-5-9-17)22-14-10-18(11-15-22)21-12-6-3-7-13-21/h2,4-5,8-9,18-20H,3,6-7,10-16H2,1H3. The molecule has 0 aromatic heterocycles. The highest BCUT2D eigenvalue weighted by Gasteiger charge is 2.29. The first-order valence-electron chi connectivity index (χ1n) is 9.06. The Kier molecular flexibility index (Phi) is 5.88. The van der Waals surface area contributed by atoms with E-state index in [0.717, 1.165) is 12.6 Å². The van der Waals surface area contributed by atoms with Gasteiger partial charge in [-0.2, -0.15) is 0 Å². The molecule has 0 radical (unpaired) electrons. The Hall–Kier alpha value is -0.900. The van der Waals surface area contributed by atoms with Crippen LogP contribution in [0.2, 0.25) is 0 Å².